The van der Waals surface area contributed by atoms with Crippen molar-refractivity contribution in [1.82, 2.24) is 14.8 Å². The largest absolute Gasteiger partial charge is 0.460 e. The van der Waals surface area contributed by atoms with Gasteiger partial charge in [-0.25, -0.2) is 4.79 Å². The molecule has 0 spiro atoms. The van der Waals surface area contributed by atoms with Crippen molar-refractivity contribution in [2.75, 3.05) is 6.61 Å². The molecule has 2 aromatic rings. The quantitative estimate of drug-likeness (QED) is 0.777. The standard InChI is InChI=1S/C12H15N3O2S/c1-3-17-12(16)11-14-13-9(2)15(11)6-4-10-5-7-18-8-10/h5,7-8H,3-4,6H2,1-2H3. The molecule has 6 heteroatoms. The van der Waals surface area contributed by atoms with Crippen LogP contribution in [0.25, 0.3) is 0 Å². The Labute approximate surface area is 109 Å². The molecule has 0 unspecified atom stereocenters. The molecule has 0 fully saturated rings. The lowest BCUT2D eigenvalue weighted by Crippen LogP contribution is -2.15. The molecule has 2 rings (SSSR count). The number of aromatic nitrogens is 3. The average Bonchev–Trinajstić information content (AvgIpc) is 2.96. The number of nitrogens with zero attached hydrogens (tertiary/aromatic N) is 3. The van der Waals surface area contributed by atoms with Gasteiger partial charge in [-0.15, -0.1) is 10.2 Å². The normalized spacial score (nSPS) is 10.6. The summed E-state index contributed by atoms with van der Waals surface area (Å²) in [6.45, 7) is 4.64. The van der Waals surface area contributed by atoms with Gasteiger partial charge in [0, 0.05) is 6.54 Å². The number of carbonyl (C=O) groups is 1. The van der Waals surface area contributed by atoms with Gasteiger partial charge in [0.1, 0.15) is 5.82 Å². The van der Waals surface area contributed by atoms with Gasteiger partial charge in [-0.2, -0.15) is 11.3 Å². The van der Waals surface area contributed by atoms with Crippen molar-refractivity contribution < 1.29 is 9.53 Å². The smallest absolute Gasteiger partial charge is 0.376 e. The van der Waals surface area contributed by atoms with E-state index in [4.69, 9.17) is 4.74 Å². The van der Waals surface area contributed by atoms with Crippen LogP contribution >= 0.6 is 11.3 Å². The van der Waals surface area contributed by atoms with Gasteiger partial charge in [-0.05, 0) is 42.7 Å². The highest BCUT2D eigenvalue weighted by Gasteiger charge is 2.17. The molecule has 0 aliphatic carbocycles. The number of aryl methyl sites for hydroxylation is 2. The molecule has 0 saturated heterocycles. The second kappa shape index (κ2) is 5.77. The lowest BCUT2D eigenvalue weighted by atomic mass is 10.2. The van der Waals surface area contributed by atoms with Gasteiger partial charge < -0.3 is 9.30 Å². The van der Waals surface area contributed by atoms with Gasteiger partial charge in [-0.3, -0.25) is 0 Å². The number of hydrogen-bond donors (Lipinski definition) is 0. The van der Waals surface area contributed by atoms with Gasteiger partial charge in [0.05, 0.1) is 6.61 Å². The maximum atomic E-state index is 11.7. The lowest BCUT2D eigenvalue weighted by Gasteiger charge is -2.07. The van der Waals surface area contributed by atoms with Crippen LogP contribution in [0.15, 0.2) is 16.8 Å². The summed E-state index contributed by atoms with van der Waals surface area (Å²) in [7, 11) is 0. The van der Waals surface area contributed by atoms with E-state index in [0.717, 1.165) is 12.2 Å². The van der Waals surface area contributed by atoms with Crippen LogP contribution < -0.4 is 0 Å². The van der Waals surface area contributed by atoms with E-state index < -0.39 is 5.97 Å². The summed E-state index contributed by atoms with van der Waals surface area (Å²) in [6, 6.07) is 2.08. The Kier molecular flexibility index (Phi) is 4.09. The number of esters is 1. The van der Waals surface area contributed by atoms with E-state index in [9.17, 15) is 4.79 Å². The number of rotatable bonds is 5. The Hall–Kier alpha value is -1.69. The van der Waals surface area contributed by atoms with E-state index in [1.165, 1.54) is 5.56 Å². The third-order valence-corrected chi connectivity index (χ3v) is 3.33. The molecule has 2 heterocycles. The van der Waals surface area contributed by atoms with Crippen LogP contribution in [0.4, 0.5) is 0 Å². The van der Waals surface area contributed by atoms with Crippen LogP contribution in [-0.4, -0.2) is 27.3 Å². The lowest BCUT2D eigenvalue weighted by molar-refractivity contribution is 0.0505. The third-order valence-electron chi connectivity index (χ3n) is 2.60. The number of hydrogen-bond acceptors (Lipinski definition) is 5. The van der Waals surface area contributed by atoms with Crippen LogP contribution in [0.1, 0.15) is 28.9 Å². The first-order chi connectivity index (χ1) is 8.72. The first kappa shape index (κ1) is 12.8. The van der Waals surface area contributed by atoms with Crippen molar-refractivity contribution in [3.8, 4) is 0 Å². The fourth-order valence-corrected chi connectivity index (χ4v) is 2.37. The summed E-state index contributed by atoms with van der Waals surface area (Å²) in [5.74, 6) is 0.598. The second-order valence-electron chi connectivity index (χ2n) is 3.82. The van der Waals surface area contributed by atoms with Crippen molar-refractivity contribution in [3.05, 3.63) is 34.0 Å². The highest BCUT2D eigenvalue weighted by Crippen LogP contribution is 2.10. The molecule has 2 aromatic heterocycles. The summed E-state index contributed by atoms with van der Waals surface area (Å²) < 4.78 is 6.76. The third kappa shape index (κ3) is 2.76. The maximum absolute atomic E-state index is 11.7. The minimum Gasteiger partial charge on any atom is -0.460 e. The van der Waals surface area contributed by atoms with Crippen LogP contribution in [0.2, 0.25) is 0 Å². The molecule has 5 nitrogen and oxygen atoms in total. The molecule has 0 amide bonds. The molecule has 0 N–H and O–H groups in total. The zero-order valence-corrected chi connectivity index (χ0v) is 11.2. The summed E-state index contributed by atoms with van der Waals surface area (Å²) >= 11 is 1.67. The second-order valence-corrected chi connectivity index (χ2v) is 4.60. The monoisotopic (exact) mass is 265 g/mol. The van der Waals surface area contributed by atoms with Gasteiger partial charge in [0.2, 0.25) is 5.82 Å². The van der Waals surface area contributed by atoms with Crippen molar-refractivity contribution >= 4 is 17.3 Å². The molecule has 0 radical (unpaired) electrons. The molecule has 0 aromatic carbocycles. The predicted octanol–water partition coefficient (Wildman–Crippen LogP) is 2.07. The number of thiophene rings is 1. The molecule has 0 aliphatic heterocycles. The Bertz CT molecular complexity index is 519. The maximum Gasteiger partial charge on any atom is 0.376 e. The van der Waals surface area contributed by atoms with Gasteiger partial charge in [0.15, 0.2) is 0 Å². The molecular weight excluding hydrogens is 250 g/mol. The number of carbonyl (C=O) groups excluding carboxylic acids is 1. The van der Waals surface area contributed by atoms with E-state index in [0.29, 0.717) is 13.2 Å². The average molecular weight is 265 g/mol. The van der Waals surface area contributed by atoms with E-state index in [1.54, 1.807) is 22.8 Å². The highest BCUT2D eigenvalue weighted by molar-refractivity contribution is 7.07. The van der Waals surface area contributed by atoms with Crippen molar-refractivity contribution in [2.24, 2.45) is 0 Å². The Morgan fingerprint density at radius 1 is 1.50 bits per heavy atom. The van der Waals surface area contributed by atoms with Gasteiger partial charge in [0.25, 0.3) is 0 Å². The zero-order chi connectivity index (χ0) is 13.0. The summed E-state index contributed by atoms with van der Waals surface area (Å²) in [6.07, 6.45) is 0.856. The zero-order valence-electron chi connectivity index (χ0n) is 10.4. The van der Waals surface area contributed by atoms with Crippen LogP contribution in [0.3, 0.4) is 0 Å². The minimum absolute atomic E-state index is 0.282. The first-order valence-electron chi connectivity index (χ1n) is 5.80. The van der Waals surface area contributed by atoms with E-state index in [1.807, 2.05) is 12.3 Å². The van der Waals surface area contributed by atoms with Crippen molar-refractivity contribution in [1.29, 1.82) is 0 Å². The molecule has 18 heavy (non-hydrogen) atoms. The highest BCUT2D eigenvalue weighted by atomic mass is 32.1. The first-order valence-corrected chi connectivity index (χ1v) is 6.74. The molecular formula is C12H15N3O2S. The SMILES string of the molecule is CCOC(=O)c1nnc(C)n1CCc1ccsc1. The summed E-state index contributed by atoms with van der Waals surface area (Å²) in [4.78, 5) is 11.7. The summed E-state index contributed by atoms with van der Waals surface area (Å²) in [5.41, 5.74) is 1.25. The Morgan fingerprint density at radius 3 is 3.00 bits per heavy atom. The molecule has 0 saturated carbocycles. The van der Waals surface area contributed by atoms with E-state index >= 15 is 0 Å². The fourth-order valence-electron chi connectivity index (χ4n) is 1.67. The minimum atomic E-state index is -0.414. The molecule has 96 valence electrons. The fraction of sp³-hybridized carbons (Fsp3) is 0.417. The van der Waals surface area contributed by atoms with Crippen LogP contribution in [-0.2, 0) is 17.7 Å². The van der Waals surface area contributed by atoms with Gasteiger partial charge in [-0.1, -0.05) is 0 Å². The van der Waals surface area contributed by atoms with E-state index in [-0.39, 0.29) is 5.82 Å². The predicted molar refractivity (Wildman–Crippen MR) is 68.7 cm³/mol. The van der Waals surface area contributed by atoms with Crippen molar-refractivity contribution in [3.63, 3.8) is 0 Å². The molecule has 0 atom stereocenters. The molecule has 0 bridgehead atoms. The van der Waals surface area contributed by atoms with Gasteiger partial charge >= 0.3 is 5.97 Å². The van der Waals surface area contributed by atoms with Crippen LogP contribution in [0.5, 0.6) is 0 Å². The van der Waals surface area contributed by atoms with Crippen LogP contribution in [0, 0.1) is 6.92 Å². The Balaban J connectivity index is 2.11. The van der Waals surface area contributed by atoms with E-state index in [2.05, 4.69) is 21.6 Å². The number of ether oxygens (including phenoxy) is 1. The van der Waals surface area contributed by atoms with Crippen molar-refractivity contribution in [2.45, 2.75) is 26.8 Å². The topological polar surface area (TPSA) is 57.0 Å². The molecule has 0 aliphatic rings. The Morgan fingerprint density at radius 2 is 2.33 bits per heavy atom. The summed E-state index contributed by atoms with van der Waals surface area (Å²) in [5, 5.41) is 12.0.